The first-order chi connectivity index (χ1) is 12.1. The molecule has 0 aliphatic carbocycles. The summed E-state index contributed by atoms with van der Waals surface area (Å²) in [6.07, 6.45) is 0. The van der Waals surface area contributed by atoms with Crippen molar-refractivity contribution in [3.8, 4) is 0 Å². The van der Waals surface area contributed by atoms with Gasteiger partial charge in [-0.25, -0.2) is 9.59 Å². The molecule has 0 spiro atoms. The van der Waals surface area contributed by atoms with Crippen molar-refractivity contribution in [1.29, 1.82) is 0 Å². The molecule has 0 atom stereocenters. The molecule has 0 radical (unpaired) electrons. The lowest BCUT2D eigenvalue weighted by Crippen LogP contribution is -2.09. The Balaban J connectivity index is 2.14. The predicted octanol–water partition coefficient (Wildman–Crippen LogP) is 5.21. The van der Waals surface area contributed by atoms with E-state index in [-0.39, 0.29) is 0 Å². The average Bonchev–Trinajstić information content (AvgIpc) is 2.44. The molecule has 136 valence electrons. The molecular weight excluding hydrogens is 351 g/mol. The highest BCUT2D eigenvalue weighted by Gasteiger charge is 2.34. The van der Waals surface area contributed by atoms with Gasteiger partial charge in [-0.05, 0) is 63.8 Å². The Kier molecular flexibility index (Phi) is 5.94. The van der Waals surface area contributed by atoms with E-state index in [1.807, 2.05) is 38.1 Å². The number of rotatable bonds is 4. The van der Waals surface area contributed by atoms with Gasteiger partial charge in [-0.15, -0.1) is 0 Å². The third kappa shape index (κ3) is 4.36. The van der Waals surface area contributed by atoms with Gasteiger partial charge in [0.05, 0.1) is 11.1 Å². The molecule has 0 unspecified atom stereocenters. The number of benzene rings is 2. The second kappa shape index (κ2) is 7.79. The van der Waals surface area contributed by atoms with Crippen LogP contribution >= 0.6 is 8.25 Å². The molecular formula is C20H22O5P+. The van der Waals surface area contributed by atoms with Crippen LogP contribution in [-0.2, 0) is 13.6 Å². The minimum Gasteiger partial charge on any atom is -0.241 e. The van der Waals surface area contributed by atoms with Crippen molar-refractivity contribution in [2.75, 3.05) is 0 Å². The summed E-state index contributed by atoms with van der Waals surface area (Å²) in [6.45, 7) is 10.9. The standard InChI is InChI=1S/C20H22O5P/c1-11-7-13(3)17(14(4)8-11)19(21)24-26(23)25-20(22)18-15(5)9-12(2)10-16(18)6/h7-10H,1-6H3/q+1. The van der Waals surface area contributed by atoms with E-state index in [1.165, 1.54) is 0 Å². The van der Waals surface area contributed by atoms with Crippen molar-refractivity contribution in [3.05, 3.63) is 68.8 Å². The Hall–Kier alpha value is -2.52. The van der Waals surface area contributed by atoms with E-state index in [1.54, 1.807) is 27.7 Å². The average molecular weight is 373 g/mol. The molecule has 6 heteroatoms. The van der Waals surface area contributed by atoms with E-state index in [2.05, 4.69) is 0 Å². The quantitative estimate of drug-likeness (QED) is 0.688. The third-order valence-corrected chi connectivity index (χ3v) is 4.71. The molecule has 0 amide bonds. The van der Waals surface area contributed by atoms with Gasteiger partial charge in [-0.1, -0.05) is 35.4 Å². The van der Waals surface area contributed by atoms with Gasteiger partial charge in [-0.2, -0.15) is 9.05 Å². The second-order valence-electron chi connectivity index (χ2n) is 6.53. The highest BCUT2D eigenvalue weighted by atomic mass is 31.1. The van der Waals surface area contributed by atoms with Crippen LogP contribution in [-0.4, -0.2) is 11.9 Å². The minimum atomic E-state index is -2.92. The van der Waals surface area contributed by atoms with Crippen molar-refractivity contribution < 1.29 is 23.2 Å². The smallest absolute Gasteiger partial charge is 0.241 e. The summed E-state index contributed by atoms with van der Waals surface area (Å²) in [5, 5.41) is 0. The van der Waals surface area contributed by atoms with Crippen molar-refractivity contribution in [2.45, 2.75) is 41.5 Å². The number of aryl methyl sites for hydroxylation is 6. The monoisotopic (exact) mass is 373 g/mol. The summed E-state index contributed by atoms with van der Waals surface area (Å²) in [6, 6.07) is 7.34. The largest absolute Gasteiger partial charge is 0.812 e. The van der Waals surface area contributed by atoms with Crippen molar-refractivity contribution in [2.24, 2.45) is 0 Å². The van der Waals surface area contributed by atoms with Crippen molar-refractivity contribution in [3.63, 3.8) is 0 Å². The fourth-order valence-electron chi connectivity index (χ4n) is 3.25. The molecule has 0 aromatic heterocycles. The van der Waals surface area contributed by atoms with Gasteiger partial charge < -0.3 is 0 Å². The number of hydrogen-bond donors (Lipinski definition) is 0. The third-order valence-electron chi connectivity index (χ3n) is 4.08. The van der Waals surface area contributed by atoms with Crippen LogP contribution in [0.5, 0.6) is 0 Å². The lowest BCUT2D eigenvalue weighted by atomic mass is 10.0. The zero-order chi connectivity index (χ0) is 19.6. The van der Waals surface area contributed by atoms with Gasteiger partial charge in [0.1, 0.15) is 0 Å². The lowest BCUT2D eigenvalue weighted by molar-refractivity contribution is 0.0652. The topological polar surface area (TPSA) is 69.7 Å². The Morgan fingerprint density at radius 1 is 0.654 bits per heavy atom. The Morgan fingerprint density at radius 2 is 0.923 bits per heavy atom. The summed E-state index contributed by atoms with van der Waals surface area (Å²) < 4.78 is 21.8. The van der Waals surface area contributed by atoms with Crippen LogP contribution in [0.3, 0.4) is 0 Å². The van der Waals surface area contributed by atoms with Gasteiger partial charge in [0, 0.05) is 4.57 Å². The maximum absolute atomic E-state index is 12.3. The van der Waals surface area contributed by atoms with Crippen LogP contribution in [0.15, 0.2) is 24.3 Å². The summed E-state index contributed by atoms with van der Waals surface area (Å²) in [5.74, 6) is -1.54. The Labute approximate surface area is 154 Å². The van der Waals surface area contributed by atoms with E-state index < -0.39 is 20.2 Å². The van der Waals surface area contributed by atoms with Crippen LogP contribution < -0.4 is 0 Å². The van der Waals surface area contributed by atoms with Crippen LogP contribution in [0.25, 0.3) is 0 Å². The van der Waals surface area contributed by atoms with Crippen LogP contribution in [0.1, 0.15) is 54.1 Å². The summed E-state index contributed by atoms with van der Waals surface area (Å²) in [7, 11) is -2.92. The molecule has 0 fully saturated rings. The van der Waals surface area contributed by atoms with Crippen LogP contribution in [0.2, 0.25) is 0 Å². The molecule has 0 heterocycles. The normalized spacial score (nSPS) is 10.4. The fraction of sp³-hybridized carbons (Fsp3) is 0.300. The maximum atomic E-state index is 12.3. The molecule has 0 saturated heterocycles. The van der Waals surface area contributed by atoms with Gasteiger partial charge in [-0.3, -0.25) is 0 Å². The first-order valence-electron chi connectivity index (χ1n) is 8.17. The molecule has 0 N–H and O–H groups in total. The number of carbonyl (C=O) groups excluding carboxylic acids is 2. The van der Waals surface area contributed by atoms with E-state index in [0.29, 0.717) is 33.4 Å². The van der Waals surface area contributed by atoms with Gasteiger partial charge in [0.25, 0.3) is 0 Å². The van der Waals surface area contributed by atoms with Gasteiger partial charge >= 0.3 is 20.2 Å². The van der Waals surface area contributed by atoms with Crippen molar-refractivity contribution >= 4 is 20.2 Å². The van der Waals surface area contributed by atoms with E-state index in [9.17, 15) is 14.2 Å². The summed E-state index contributed by atoms with van der Waals surface area (Å²) in [5.41, 5.74) is 5.55. The lowest BCUT2D eigenvalue weighted by Gasteiger charge is -2.07. The molecule has 2 aromatic rings. The highest BCUT2D eigenvalue weighted by Crippen LogP contribution is 2.30. The van der Waals surface area contributed by atoms with Crippen LogP contribution in [0.4, 0.5) is 0 Å². The first-order valence-corrected chi connectivity index (χ1v) is 9.27. The summed E-state index contributed by atoms with van der Waals surface area (Å²) >= 11 is 0. The van der Waals surface area contributed by atoms with E-state index >= 15 is 0 Å². The molecule has 5 nitrogen and oxygen atoms in total. The van der Waals surface area contributed by atoms with Crippen LogP contribution in [0, 0.1) is 41.5 Å². The number of carbonyl (C=O) groups is 2. The fourth-order valence-corrected chi connectivity index (χ4v) is 3.74. The second-order valence-corrected chi connectivity index (χ2v) is 7.34. The molecule has 0 bridgehead atoms. The predicted molar refractivity (Wildman–Crippen MR) is 99.7 cm³/mol. The molecule has 2 aromatic carbocycles. The molecule has 2 rings (SSSR count). The SMILES string of the molecule is Cc1cc(C)c(C(=O)O[P+](=O)OC(=O)c2c(C)cc(C)cc2C)c(C)c1. The zero-order valence-electron chi connectivity index (χ0n) is 15.8. The summed E-state index contributed by atoms with van der Waals surface area (Å²) in [4.78, 5) is 24.6. The maximum Gasteiger partial charge on any atom is 0.812 e. The number of hydrogen-bond acceptors (Lipinski definition) is 5. The highest BCUT2D eigenvalue weighted by molar-refractivity contribution is 7.34. The molecule has 0 aliphatic rings. The van der Waals surface area contributed by atoms with E-state index in [4.69, 9.17) is 9.05 Å². The molecule has 26 heavy (non-hydrogen) atoms. The Bertz CT molecular complexity index is 795. The van der Waals surface area contributed by atoms with Gasteiger partial charge in [0.2, 0.25) is 0 Å². The Morgan fingerprint density at radius 3 is 1.19 bits per heavy atom. The molecule has 0 aliphatic heterocycles. The van der Waals surface area contributed by atoms with E-state index in [0.717, 1.165) is 11.1 Å². The van der Waals surface area contributed by atoms with Gasteiger partial charge in [0.15, 0.2) is 0 Å². The zero-order valence-corrected chi connectivity index (χ0v) is 16.7. The first kappa shape index (κ1) is 19.8. The van der Waals surface area contributed by atoms with Crippen molar-refractivity contribution in [1.82, 2.24) is 0 Å². The minimum absolute atomic E-state index is 0.331. The molecule has 0 saturated carbocycles.